The number of ether oxygens (including phenoxy) is 1. The van der Waals surface area contributed by atoms with E-state index in [-0.39, 0.29) is 19.3 Å². The number of rotatable bonds is 3. The minimum Gasteiger partial charge on any atom is -0.394 e. The Labute approximate surface area is 71.8 Å². The lowest BCUT2D eigenvalue weighted by atomic mass is 9.92. The minimum absolute atomic E-state index is 0.0785. The first-order valence-corrected chi connectivity index (χ1v) is 4.31. The quantitative estimate of drug-likeness (QED) is 0.513. The molecule has 0 aliphatic heterocycles. The van der Waals surface area contributed by atoms with Crippen LogP contribution < -0.4 is 0 Å². The number of hydrogen-bond acceptors (Lipinski definition) is 4. The van der Waals surface area contributed by atoms with E-state index in [0.717, 1.165) is 0 Å². The van der Waals surface area contributed by atoms with E-state index in [2.05, 4.69) is 0 Å². The van der Waals surface area contributed by atoms with Crippen LogP contribution in [0, 0.1) is 0 Å². The molecule has 1 fully saturated rings. The number of hydrogen-bond donors (Lipinski definition) is 3. The average Bonchev–Trinajstić information content (AvgIpc) is 2.08. The minimum atomic E-state index is -1.11. The molecule has 0 atom stereocenters. The van der Waals surface area contributed by atoms with Gasteiger partial charge in [0.05, 0.1) is 19.3 Å². The van der Waals surface area contributed by atoms with Crippen LogP contribution in [0.1, 0.15) is 25.7 Å². The first-order valence-electron chi connectivity index (χ1n) is 4.31. The second-order valence-corrected chi connectivity index (χ2v) is 3.25. The third-order valence-electron chi connectivity index (χ3n) is 2.20. The number of aliphatic hydroxyl groups is 3. The van der Waals surface area contributed by atoms with E-state index in [1.54, 1.807) is 0 Å². The van der Waals surface area contributed by atoms with Crippen LogP contribution in [0.25, 0.3) is 0 Å². The summed E-state index contributed by atoms with van der Waals surface area (Å²) in [7, 11) is 0. The van der Waals surface area contributed by atoms with Crippen LogP contribution in [0.3, 0.4) is 0 Å². The molecule has 1 aliphatic rings. The van der Waals surface area contributed by atoms with Crippen molar-refractivity contribution < 1.29 is 20.1 Å². The van der Waals surface area contributed by atoms with Gasteiger partial charge in [0.1, 0.15) is 0 Å². The molecule has 0 heterocycles. The molecule has 0 unspecified atom stereocenters. The summed E-state index contributed by atoms with van der Waals surface area (Å²) in [5, 5.41) is 27.3. The molecule has 1 saturated carbocycles. The molecule has 12 heavy (non-hydrogen) atoms. The summed E-state index contributed by atoms with van der Waals surface area (Å²) in [6.07, 6.45) is 1.75. The Kier molecular flexibility index (Phi) is 3.46. The maximum Gasteiger partial charge on any atom is 0.165 e. The zero-order valence-electron chi connectivity index (χ0n) is 7.07. The van der Waals surface area contributed by atoms with Gasteiger partial charge < -0.3 is 20.1 Å². The van der Waals surface area contributed by atoms with Gasteiger partial charge in [-0.3, -0.25) is 0 Å². The highest BCUT2D eigenvalue weighted by Gasteiger charge is 2.32. The van der Waals surface area contributed by atoms with Crippen molar-refractivity contribution in [3.8, 4) is 0 Å². The normalized spacial score (nSPS) is 36.8. The molecule has 0 radical (unpaired) electrons. The Morgan fingerprint density at radius 1 is 1.33 bits per heavy atom. The number of aliphatic hydroxyl groups excluding tert-OH is 2. The fourth-order valence-corrected chi connectivity index (χ4v) is 1.43. The first-order chi connectivity index (χ1) is 5.66. The Morgan fingerprint density at radius 3 is 2.42 bits per heavy atom. The SMILES string of the molecule is OCCOC1(O)CCC(O)CC1. The van der Waals surface area contributed by atoms with Crippen molar-refractivity contribution in [2.45, 2.75) is 37.6 Å². The highest BCUT2D eigenvalue weighted by atomic mass is 16.6. The van der Waals surface area contributed by atoms with E-state index in [9.17, 15) is 5.11 Å². The van der Waals surface area contributed by atoms with E-state index in [0.29, 0.717) is 25.7 Å². The van der Waals surface area contributed by atoms with Gasteiger partial charge in [0.15, 0.2) is 5.79 Å². The summed E-state index contributed by atoms with van der Waals surface area (Å²) in [5.74, 6) is -1.11. The lowest BCUT2D eigenvalue weighted by molar-refractivity contribution is -0.231. The zero-order chi connectivity index (χ0) is 9.03. The molecule has 4 heteroatoms. The third-order valence-corrected chi connectivity index (χ3v) is 2.20. The van der Waals surface area contributed by atoms with Crippen molar-refractivity contribution in [2.24, 2.45) is 0 Å². The topological polar surface area (TPSA) is 69.9 Å². The standard InChI is InChI=1S/C8H16O4/c9-5-6-12-8(11)3-1-7(10)2-4-8/h7,9-11H,1-6H2. The Hall–Kier alpha value is -0.160. The van der Waals surface area contributed by atoms with E-state index in [1.165, 1.54) is 0 Å². The van der Waals surface area contributed by atoms with E-state index < -0.39 is 5.79 Å². The fraction of sp³-hybridized carbons (Fsp3) is 1.00. The van der Waals surface area contributed by atoms with Crippen molar-refractivity contribution in [2.75, 3.05) is 13.2 Å². The lowest BCUT2D eigenvalue weighted by Gasteiger charge is -2.33. The summed E-state index contributed by atoms with van der Waals surface area (Å²) in [4.78, 5) is 0. The summed E-state index contributed by atoms with van der Waals surface area (Å²) in [5.41, 5.74) is 0. The first kappa shape index (κ1) is 9.92. The second-order valence-electron chi connectivity index (χ2n) is 3.25. The van der Waals surface area contributed by atoms with E-state index in [4.69, 9.17) is 14.9 Å². The van der Waals surface area contributed by atoms with Gasteiger partial charge in [-0.2, -0.15) is 0 Å². The summed E-state index contributed by atoms with van der Waals surface area (Å²) < 4.78 is 5.06. The Balaban J connectivity index is 2.29. The molecule has 3 N–H and O–H groups in total. The molecular formula is C8H16O4. The van der Waals surface area contributed by atoms with Crippen molar-refractivity contribution in [3.05, 3.63) is 0 Å². The van der Waals surface area contributed by atoms with E-state index in [1.807, 2.05) is 0 Å². The zero-order valence-corrected chi connectivity index (χ0v) is 7.07. The molecule has 0 aromatic heterocycles. The van der Waals surface area contributed by atoms with E-state index >= 15 is 0 Å². The fourth-order valence-electron chi connectivity index (χ4n) is 1.43. The summed E-state index contributed by atoms with van der Waals surface area (Å²) in [6, 6.07) is 0. The highest BCUT2D eigenvalue weighted by Crippen LogP contribution is 2.28. The maximum atomic E-state index is 9.68. The van der Waals surface area contributed by atoms with Crippen LogP contribution in [0.4, 0.5) is 0 Å². The van der Waals surface area contributed by atoms with Gasteiger partial charge in [0.25, 0.3) is 0 Å². The van der Waals surface area contributed by atoms with Crippen LogP contribution in [0.15, 0.2) is 0 Å². The predicted molar refractivity (Wildman–Crippen MR) is 42.5 cm³/mol. The van der Waals surface area contributed by atoms with Gasteiger partial charge >= 0.3 is 0 Å². The smallest absolute Gasteiger partial charge is 0.165 e. The molecule has 0 saturated heterocycles. The van der Waals surface area contributed by atoms with Crippen LogP contribution in [0.5, 0.6) is 0 Å². The Bertz CT molecular complexity index is 124. The van der Waals surface area contributed by atoms with Crippen LogP contribution >= 0.6 is 0 Å². The molecule has 0 aromatic carbocycles. The summed E-state index contributed by atoms with van der Waals surface area (Å²) in [6.45, 7) is 0.0808. The summed E-state index contributed by atoms with van der Waals surface area (Å²) >= 11 is 0. The molecule has 0 spiro atoms. The molecule has 72 valence electrons. The largest absolute Gasteiger partial charge is 0.394 e. The molecular weight excluding hydrogens is 160 g/mol. The van der Waals surface area contributed by atoms with Crippen molar-refractivity contribution in [3.63, 3.8) is 0 Å². The van der Waals surface area contributed by atoms with Gasteiger partial charge in [-0.05, 0) is 12.8 Å². The van der Waals surface area contributed by atoms with Gasteiger partial charge in [0, 0.05) is 12.8 Å². The third kappa shape index (κ3) is 2.71. The van der Waals surface area contributed by atoms with Crippen LogP contribution in [-0.2, 0) is 4.74 Å². The van der Waals surface area contributed by atoms with Gasteiger partial charge in [0.2, 0.25) is 0 Å². The van der Waals surface area contributed by atoms with Gasteiger partial charge in [-0.1, -0.05) is 0 Å². The van der Waals surface area contributed by atoms with Crippen molar-refractivity contribution in [1.29, 1.82) is 0 Å². The molecule has 1 rings (SSSR count). The monoisotopic (exact) mass is 176 g/mol. The van der Waals surface area contributed by atoms with Gasteiger partial charge in [-0.15, -0.1) is 0 Å². The molecule has 4 nitrogen and oxygen atoms in total. The average molecular weight is 176 g/mol. The maximum absolute atomic E-state index is 9.68. The van der Waals surface area contributed by atoms with Gasteiger partial charge in [-0.25, -0.2) is 0 Å². The second kappa shape index (κ2) is 4.18. The molecule has 0 aromatic rings. The lowest BCUT2D eigenvalue weighted by Crippen LogP contribution is -2.39. The molecule has 0 bridgehead atoms. The van der Waals surface area contributed by atoms with Crippen molar-refractivity contribution in [1.82, 2.24) is 0 Å². The van der Waals surface area contributed by atoms with Crippen molar-refractivity contribution >= 4 is 0 Å². The highest BCUT2D eigenvalue weighted by molar-refractivity contribution is 4.77. The van der Waals surface area contributed by atoms with Crippen LogP contribution in [0.2, 0.25) is 0 Å². The molecule has 1 aliphatic carbocycles. The molecule has 0 amide bonds. The Morgan fingerprint density at radius 2 is 1.92 bits per heavy atom. The predicted octanol–water partition coefficient (Wildman–Crippen LogP) is -0.381. The van der Waals surface area contributed by atoms with Crippen LogP contribution in [-0.4, -0.2) is 40.4 Å².